The molecular formula is C27H54O8. The fraction of sp³-hybridized carbons (Fsp3) is 1.00. The van der Waals surface area contributed by atoms with Gasteiger partial charge in [-0.25, -0.2) is 0 Å². The number of ether oxygens (including phenoxy) is 8. The third-order valence-corrected chi connectivity index (χ3v) is 5.67. The lowest BCUT2D eigenvalue weighted by atomic mass is 10.1. The number of hydrogen-bond acceptors (Lipinski definition) is 8. The molecule has 8 nitrogen and oxygen atoms in total. The molecule has 1 rings (SSSR count). The molecule has 8 heteroatoms. The van der Waals surface area contributed by atoms with Crippen LogP contribution >= 0.6 is 0 Å². The van der Waals surface area contributed by atoms with Crippen LogP contribution in [0, 0.1) is 0 Å². The molecule has 0 radical (unpaired) electrons. The molecule has 0 aromatic carbocycles. The van der Waals surface area contributed by atoms with E-state index >= 15 is 0 Å². The average Bonchev–Trinajstić information content (AvgIpc) is 2.89. The fourth-order valence-corrected chi connectivity index (χ4v) is 3.62. The normalized spacial score (nSPS) is 16.2. The van der Waals surface area contributed by atoms with Crippen LogP contribution in [0.25, 0.3) is 0 Å². The SMILES string of the molecule is CCCCCCCCCCOCCOCCOCCOCCOCCOCCOC1CCCCO1. The van der Waals surface area contributed by atoms with Crippen molar-refractivity contribution in [2.45, 2.75) is 83.8 Å². The Kier molecular flexibility index (Phi) is 26.4. The molecule has 0 aliphatic carbocycles. The van der Waals surface area contributed by atoms with Gasteiger partial charge in [0.1, 0.15) is 0 Å². The van der Waals surface area contributed by atoms with Crippen molar-refractivity contribution in [3.8, 4) is 0 Å². The highest BCUT2D eigenvalue weighted by atomic mass is 16.7. The van der Waals surface area contributed by atoms with E-state index in [1.54, 1.807) is 0 Å². The minimum atomic E-state index is -0.0499. The van der Waals surface area contributed by atoms with E-state index in [4.69, 9.17) is 37.9 Å². The Hall–Kier alpha value is -0.320. The molecule has 0 amide bonds. The van der Waals surface area contributed by atoms with E-state index in [1.165, 1.54) is 51.4 Å². The van der Waals surface area contributed by atoms with E-state index < -0.39 is 0 Å². The molecule has 1 aliphatic heterocycles. The quantitative estimate of drug-likeness (QED) is 0.141. The summed E-state index contributed by atoms with van der Waals surface area (Å²) in [6, 6.07) is 0. The predicted molar refractivity (Wildman–Crippen MR) is 137 cm³/mol. The van der Waals surface area contributed by atoms with E-state index in [1.807, 2.05) is 0 Å². The van der Waals surface area contributed by atoms with Crippen LogP contribution in [0.4, 0.5) is 0 Å². The number of hydrogen-bond donors (Lipinski definition) is 0. The first-order valence-electron chi connectivity index (χ1n) is 14.1. The van der Waals surface area contributed by atoms with Gasteiger partial charge in [0.15, 0.2) is 6.29 Å². The van der Waals surface area contributed by atoms with Crippen molar-refractivity contribution >= 4 is 0 Å². The Morgan fingerprint density at radius 3 is 1.37 bits per heavy atom. The lowest BCUT2D eigenvalue weighted by molar-refractivity contribution is -0.169. The van der Waals surface area contributed by atoms with E-state index in [-0.39, 0.29) is 6.29 Å². The number of rotatable bonds is 28. The summed E-state index contributed by atoms with van der Waals surface area (Å²) >= 11 is 0. The lowest BCUT2D eigenvalue weighted by Gasteiger charge is -2.22. The molecular weight excluding hydrogens is 452 g/mol. The first-order chi connectivity index (χ1) is 17.4. The highest BCUT2D eigenvalue weighted by molar-refractivity contribution is 4.53. The summed E-state index contributed by atoms with van der Waals surface area (Å²) in [6.45, 7) is 10.8. The highest BCUT2D eigenvalue weighted by Crippen LogP contribution is 2.13. The standard InChI is InChI=1S/C27H54O8/c1-2-3-4-5-6-7-8-10-13-28-15-16-29-17-18-30-19-20-31-21-22-32-23-24-33-25-26-35-27-12-9-11-14-34-27/h27H,2-26H2,1H3. The molecule has 1 heterocycles. The zero-order chi connectivity index (χ0) is 24.9. The van der Waals surface area contributed by atoms with Gasteiger partial charge in [0, 0.05) is 13.2 Å². The lowest BCUT2D eigenvalue weighted by Crippen LogP contribution is -2.24. The molecule has 0 N–H and O–H groups in total. The van der Waals surface area contributed by atoms with E-state index in [9.17, 15) is 0 Å². The zero-order valence-corrected chi connectivity index (χ0v) is 22.5. The summed E-state index contributed by atoms with van der Waals surface area (Å²) in [4.78, 5) is 0. The first-order valence-corrected chi connectivity index (χ1v) is 14.1. The molecule has 1 unspecified atom stereocenters. The second-order valence-electron chi connectivity index (χ2n) is 8.82. The van der Waals surface area contributed by atoms with Crippen molar-refractivity contribution < 1.29 is 37.9 Å². The van der Waals surface area contributed by atoms with Crippen molar-refractivity contribution in [3.63, 3.8) is 0 Å². The predicted octanol–water partition coefficient (Wildman–Crippen LogP) is 4.77. The molecule has 0 aromatic rings. The maximum absolute atomic E-state index is 5.61. The molecule has 1 fully saturated rings. The van der Waals surface area contributed by atoms with Crippen LogP contribution < -0.4 is 0 Å². The van der Waals surface area contributed by atoms with Crippen LogP contribution in [0.3, 0.4) is 0 Å². The smallest absolute Gasteiger partial charge is 0.157 e. The van der Waals surface area contributed by atoms with Crippen LogP contribution in [0.2, 0.25) is 0 Å². The van der Waals surface area contributed by atoms with E-state index in [2.05, 4.69) is 6.92 Å². The van der Waals surface area contributed by atoms with Crippen LogP contribution in [-0.2, 0) is 37.9 Å². The third-order valence-electron chi connectivity index (χ3n) is 5.67. The van der Waals surface area contributed by atoms with Crippen molar-refractivity contribution in [1.29, 1.82) is 0 Å². The molecule has 0 spiro atoms. The fourth-order valence-electron chi connectivity index (χ4n) is 3.62. The van der Waals surface area contributed by atoms with Gasteiger partial charge in [0.2, 0.25) is 0 Å². The summed E-state index contributed by atoms with van der Waals surface area (Å²) < 4.78 is 44.2. The minimum Gasteiger partial charge on any atom is -0.379 e. The van der Waals surface area contributed by atoms with Gasteiger partial charge >= 0.3 is 0 Å². The summed E-state index contributed by atoms with van der Waals surface area (Å²) in [5.74, 6) is 0. The molecule has 35 heavy (non-hydrogen) atoms. The highest BCUT2D eigenvalue weighted by Gasteiger charge is 2.13. The maximum Gasteiger partial charge on any atom is 0.157 e. The average molecular weight is 507 g/mol. The second-order valence-corrected chi connectivity index (χ2v) is 8.82. The Labute approximate surface area is 214 Å². The Bertz CT molecular complexity index is 393. The monoisotopic (exact) mass is 506 g/mol. The number of unbranched alkanes of at least 4 members (excludes halogenated alkanes) is 7. The largest absolute Gasteiger partial charge is 0.379 e. The summed E-state index contributed by atoms with van der Waals surface area (Å²) in [5, 5.41) is 0. The molecule has 1 saturated heterocycles. The summed E-state index contributed by atoms with van der Waals surface area (Å²) in [5.41, 5.74) is 0. The molecule has 0 aromatic heterocycles. The summed E-state index contributed by atoms with van der Waals surface area (Å²) in [6.07, 6.45) is 13.8. The molecule has 210 valence electrons. The van der Waals surface area contributed by atoms with Crippen LogP contribution in [0.5, 0.6) is 0 Å². The second kappa shape index (κ2) is 28.3. The molecule has 0 saturated carbocycles. The van der Waals surface area contributed by atoms with E-state index in [0.717, 1.165) is 32.5 Å². The molecule has 0 bridgehead atoms. The van der Waals surface area contributed by atoms with Crippen LogP contribution in [-0.4, -0.2) is 98.8 Å². The molecule has 1 atom stereocenters. The summed E-state index contributed by atoms with van der Waals surface area (Å²) in [7, 11) is 0. The van der Waals surface area contributed by atoms with Crippen molar-refractivity contribution in [2.24, 2.45) is 0 Å². The minimum absolute atomic E-state index is 0.0499. The Morgan fingerprint density at radius 1 is 0.486 bits per heavy atom. The van der Waals surface area contributed by atoms with Crippen molar-refractivity contribution in [3.05, 3.63) is 0 Å². The zero-order valence-electron chi connectivity index (χ0n) is 22.5. The van der Waals surface area contributed by atoms with Gasteiger partial charge in [-0.3, -0.25) is 0 Å². The first kappa shape index (κ1) is 32.7. The van der Waals surface area contributed by atoms with Gasteiger partial charge in [-0.2, -0.15) is 0 Å². The molecule has 1 aliphatic rings. The Morgan fingerprint density at radius 2 is 0.914 bits per heavy atom. The van der Waals surface area contributed by atoms with Gasteiger partial charge in [-0.15, -0.1) is 0 Å². The van der Waals surface area contributed by atoms with Crippen LogP contribution in [0.1, 0.15) is 77.6 Å². The van der Waals surface area contributed by atoms with E-state index in [0.29, 0.717) is 79.3 Å². The van der Waals surface area contributed by atoms with Crippen LogP contribution in [0.15, 0.2) is 0 Å². The van der Waals surface area contributed by atoms with Crippen molar-refractivity contribution in [1.82, 2.24) is 0 Å². The third kappa shape index (κ3) is 25.1. The van der Waals surface area contributed by atoms with Gasteiger partial charge in [-0.05, 0) is 25.7 Å². The maximum atomic E-state index is 5.61. The van der Waals surface area contributed by atoms with Crippen molar-refractivity contribution in [2.75, 3.05) is 92.5 Å². The topological polar surface area (TPSA) is 73.8 Å². The Balaban J connectivity index is 1.61. The van der Waals surface area contributed by atoms with Gasteiger partial charge in [0.25, 0.3) is 0 Å². The van der Waals surface area contributed by atoms with Gasteiger partial charge in [0.05, 0.1) is 79.3 Å². The van der Waals surface area contributed by atoms with Gasteiger partial charge in [-0.1, -0.05) is 51.9 Å². The van der Waals surface area contributed by atoms with Gasteiger partial charge < -0.3 is 37.9 Å².